The molecule has 0 saturated heterocycles. The first-order chi connectivity index (χ1) is 12.6. The predicted octanol–water partition coefficient (Wildman–Crippen LogP) is 2.82. The van der Waals surface area contributed by atoms with Gasteiger partial charge in [0.25, 0.3) is 0 Å². The number of hydrogen-bond acceptors (Lipinski definition) is 5. The average Bonchev–Trinajstić information content (AvgIpc) is 2.66. The predicted molar refractivity (Wildman–Crippen MR) is 96.4 cm³/mol. The van der Waals surface area contributed by atoms with Crippen LogP contribution in [-0.4, -0.2) is 28.7 Å². The highest BCUT2D eigenvalue weighted by Gasteiger charge is 2.28. The maximum atomic E-state index is 12.8. The highest BCUT2D eigenvalue weighted by atomic mass is 32.2. The molecule has 0 radical (unpaired) electrons. The van der Waals surface area contributed by atoms with Crippen molar-refractivity contribution in [3.63, 3.8) is 0 Å². The number of nitrogens with one attached hydrogen (secondary N) is 1. The zero-order valence-electron chi connectivity index (χ0n) is 14.5. The maximum Gasteiger partial charge on any atom is 0.241 e. The molecule has 0 spiro atoms. The molecule has 0 aromatic heterocycles. The van der Waals surface area contributed by atoms with Crippen molar-refractivity contribution >= 4 is 10.0 Å². The zero-order chi connectivity index (χ0) is 18.1. The number of fused-ring (bicyclic) bond motifs is 2. The summed E-state index contributed by atoms with van der Waals surface area (Å²) in [6.07, 6.45) is 2.58. The molecule has 1 heterocycles. The van der Waals surface area contributed by atoms with Crippen molar-refractivity contribution in [2.45, 2.75) is 30.2 Å². The number of ether oxygens (including phenoxy) is 3. The summed E-state index contributed by atoms with van der Waals surface area (Å²) in [7, 11) is -2.08. The second-order valence-electron chi connectivity index (χ2n) is 6.44. The summed E-state index contributed by atoms with van der Waals surface area (Å²) >= 11 is 0. The fourth-order valence-corrected chi connectivity index (χ4v) is 4.72. The molecule has 6 nitrogen and oxygen atoms in total. The lowest BCUT2D eigenvalue weighted by atomic mass is 9.88. The van der Waals surface area contributed by atoms with Gasteiger partial charge in [0.15, 0.2) is 11.5 Å². The number of hydrogen-bond donors (Lipinski definition) is 1. The molecule has 0 fully saturated rings. The smallest absolute Gasteiger partial charge is 0.241 e. The van der Waals surface area contributed by atoms with Gasteiger partial charge in [-0.15, -0.1) is 0 Å². The summed E-state index contributed by atoms with van der Waals surface area (Å²) < 4.78 is 44.8. The van der Waals surface area contributed by atoms with E-state index in [1.807, 2.05) is 12.1 Å². The molecule has 4 rings (SSSR count). The number of aryl methyl sites for hydroxylation is 1. The van der Waals surface area contributed by atoms with E-state index in [9.17, 15) is 8.42 Å². The monoisotopic (exact) mass is 375 g/mol. The molecule has 26 heavy (non-hydrogen) atoms. The van der Waals surface area contributed by atoms with Gasteiger partial charge >= 0.3 is 0 Å². The lowest BCUT2D eigenvalue weighted by molar-refractivity contribution is 0.171. The zero-order valence-corrected chi connectivity index (χ0v) is 15.3. The summed E-state index contributed by atoms with van der Waals surface area (Å²) in [5, 5.41) is 0. The van der Waals surface area contributed by atoms with Gasteiger partial charge in [0.05, 0.1) is 12.0 Å². The van der Waals surface area contributed by atoms with E-state index in [-0.39, 0.29) is 10.9 Å². The van der Waals surface area contributed by atoms with E-state index in [1.165, 1.54) is 0 Å². The van der Waals surface area contributed by atoms with E-state index in [1.54, 1.807) is 31.4 Å². The largest absolute Gasteiger partial charge is 0.497 e. The van der Waals surface area contributed by atoms with Crippen LogP contribution in [-0.2, 0) is 16.4 Å². The minimum atomic E-state index is -3.63. The van der Waals surface area contributed by atoms with Crippen LogP contribution in [0.15, 0.2) is 41.3 Å². The number of rotatable bonds is 4. The Labute approximate surface area is 153 Å². The summed E-state index contributed by atoms with van der Waals surface area (Å²) in [5.74, 6) is 2.05. The van der Waals surface area contributed by atoms with Crippen LogP contribution in [0.3, 0.4) is 0 Å². The molecule has 2 aliphatic rings. The summed E-state index contributed by atoms with van der Waals surface area (Å²) in [4.78, 5) is 0.225. The molecule has 1 N–H and O–H groups in total. The molecule has 2 aromatic carbocycles. The Balaban J connectivity index is 1.63. The minimum Gasteiger partial charge on any atom is -0.497 e. The van der Waals surface area contributed by atoms with Gasteiger partial charge in [0.1, 0.15) is 19.0 Å². The van der Waals surface area contributed by atoms with Gasteiger partial charge in [-0.2, -0.15) is 0 Å². The van der Waals surface area contributed by atoms with E-state index in [0.717, 1.165) is 36.1 Å². The average molecular weight is 375 g/mol. The van der Waals surface area contributed by atoms with Gasteiger partial charge in [0, 0.05) is 6.04 Å². The maximum absolute atomic E-state index is 12.8. The Kier molecular flexibility index (Phi) is 4.50. The van der Waals surface area contributed by atoms with Crippen LogP contribution in [0, 0.1) is 0 Å². The summed E-state index contributed by atoms with van der Waals surface area (Å²) in [6.45, 7) is 1.05. The summed E-state index contributed by atoms with van der Waals surface area (Å²) in [6, 6.07) is 10.0. The fourth-order valence-electron chi connectivity index (χ4n) is 3.47. The summed E-state index contributed by atoms with van der Waals surface area (Å²) in [5.41, 5.74) is 2.08. The molecule has 0 saturated carbocycles. The minimum absolute atomic E-state index is 0.225. The Hall–Kier alpha value is -2.25. The normalized spacial score (nSPS) is 18.9. The van der Waals surface area contributed by atoms with Crippen molar-refractivity contribution in [3.8, 4) is 17.2 Å². The molecule has 7 heteroatoms. The first kappa shape index (κ1) is 17.2. The van der Waals surface area contributed by atoms with Crippen molar-refractivity contribution in [2.75, 3.05) is 20.3 Å². The second kappa shape index (κ2) is 6.81. The molecule has 1 aliphatic heterocycles. The molecule has 0 amide bonds. The van der Waals surface area contributed by atoms with E-state index in [0.29, 0.717) is 24.7 Å². The molecular formula is C19H21NO5S. The molecule has 1 atom stereocenters. The van der Waals surface area contributed by atoms with Crippen LogP contribution in [0.1, 0.15) is 30.0 Å². The van der Waals surface area contributed by atoms with Crippen LogP contribution in [0.2, 0.25) is 0 Å². The van der Waals surface area contributed by atoms with Crippen LogP contribution < -0.4 is 18.9 Å². The molecule has 2 aromatic rings. The van der Waals surface area contributed by atoms with Gasteiger partial charge in [-0.05, 0) is 66.8 Å². The van der Waals surface area contributed by atoms with Crippen molar-refractivity contribution in [1.82, 2.24) is 4.72 Å². The Morgan fingerprint density at radius 2 is 1.77 bits per heavy atom. The second-order valence-corrected chi connectivity index (χ2v) is 8.15. The lowest BCUT2D eigenvalue weighted by Gasteiger charge is -2.29. The van der Waals surface area contributed by atoms with Crippen LogP contribution in [0.5, 0.6) is 17.2 Å². The molecule has 1 unspecified atom stereocenters. The highest BCUT2D eigenvalue weighted by molar-refractivity contribution is 7.89. The number of methoxy groups -OCH3 is 1. The van der Waals surface area contributed by atoms with Gasteiger partial charge < -0.3 is 14.2 Å². The lowest BCUT2D eigenvalue weighted by Crippen LogP contribution is -2.31. The first-order valence-electron chi connectivity index (χ1n) is 8.65. The van der Waals surface area contributed by atoms with Gasteiger partial charge in [0.2, 0.25) is 10.0 Å². The molecule has 138 valence electrons. The first-order valence-corrected chi connectivity index (χ1v) is 10.1. The van der Waals surface area contributed by atoms with Gasteiger partial charge in [-0.25, -0.2) is 13.1 Å². The third kappa shape index (κ3) is 3.24. The molecule has 0 bridgehead atoms. The highest BCUT2D eigenvalue weighted by Crippen LogP contribution is 2.40. The SMILES string of the molecule is COc1ccc(S(=O)(=O)NC2CCCc3cc4c(cc32)OCCO4)cc1. The van der Waals surface area contributed by atoms with Crippen molar-refractivity contribution in [1.29, 1.82) is 0 Å². The van der Waals surface area contributed by atoms with Gasteiger partial charge in [-0.1, -0.05) is 0 Å². The van der Waals surface area contributed by atoms with E-state index in [2.05, 4.69) is 4.72 Å². The van der Waals surface area contributed by atoms with E-state index in [4.69, 9.17) is 14.2 Å². The molecule has 1 aliphatic carbocycles. The van der Waals surface area contributed by atoms with Crippen molar-refractivity contribution in [2.24, 2.45) is 0 Å². The Morgan fingerprint density at radius 3 is 2.46 bits per heavy atom. The van der Waals surface area contributed by atoms with Crippen LogP contribution >= 0.6 is 0 Å². The quantitative estimate of drug-likeness (QED) is 0.890. The topological polar surface area (TPSA) is 73.9 Å². The fraction of sp³-hybridized carbons (Fsp3) is 0.368. The number of sulfonamides is 1. The standard InChI is InChI=1S/C19H21NO5S/c1-23-14-5-7-15(8-6-14)26(21,22)20-17-4-2-3-13-11-18-19(12-16(13)17)25-10-9-24-18/h5-8,11-12,17,20H,2-4,9-10H2,1H3. The van der Waals surface area contributed by atoms with Crippen molar-refractivity contribution < 1.29 is 22.6 Å². The van der Waals surface area contributed by atoms with Gasteiger partial charge in [-0.3, -0.25) is 0 Å². The Bertz CT molecular complexity index is 908. The third-order valence-corrected chi connectivity index (χ3v) is 6.27. The van der Waals surface area contributed by atoms with E-state index >= 15 is 0 Å². The van der Waals surface area contributed by atoms with Crippen LogP contribution in [0.4, 0.5) is 0 Å². The number of benzene rings is 2. The van der Waals surface area contributed by atoms with Crippen molar-refractivity contribution in [3.05, 3.63) is 47.5 Å². The molecular weight excluding hydrogens is 354 g/mol. The van der Waals surface area contributed by atoms with E-state index < -0.39 is 10.0 Å². The van der Waals surface area contributed by atoms with Crippen LogP contribution in [0.25, 0.3) is 0 Å². The Morgan fingerprint density at radius 1 is 1.08 bits per heavy atom. The third-order valence-electron chi connectivity index (χ3n) is 4.79.